The van der Waals surface area contributed by atoms with Crippen LogP contribution in [0.3, 0.4) is 0 Å². The third kappa shape index (κ3) is 1.72. The number of nitrogens with zero attached hydrogens (tertiary/aromatic N) is 1. The molecule has 0 bridgehead atoms. The molecule has 2 heterocycles. The number of hydrogen-bond donors (Lipinski definition) is 0. The SMILES string of the molecule is CC1=NC(c2ccsc2)CCS1. The quantitative estimate of drug-likeness (QED) is 0.672. The second-order valence-electron chi connectivity index (χ2n) is 2.86. The standard InChI is InChI=1S/C9H11NS2/c1-7-10-9(3-5-12-7)8-2-4-11-6-8/h2,4,6,9H,3,5H2,1H3. The largest absolute Gasteiger partial charge is 0.275 e. The van der Waals surface area contributed by atoms with Crippen molar-refractivity contribution in [2.75, 3.05) is 5.75 Å². The lowest BCUT2D eigenvalue weighted by atomic mass is 10.1. The molecule has 1 aromatic heterocycles. The molecule has 0 amide bonds. The van der Waals surface area contributed by atoms with E-state index in [4.69, 9.17) is 0 Å². The topological polar surface area (TPSA) is 12.4 Å². The van der Waals surface area contributed by atoms with E-state index in [0.717, 1.165) is 0 Å². The molecule has 1 unspecified atom stereocenters. The minimum atomic E-state index is 0.442. The molecule has 0 saturated carbocycles. The summed E-state index contributed by atoms with van der Waals surface area (Å²) in [7, 11) is 0. The van der Waals surface area contributed by atoms with Crippen molar-refractivity contribution in [3.05, 3.63) is 22.4 Å². The Morgan fingerprint density at radius 2 is 2.50 bits per heavy atom. The molecule has 12 heavy (non-hydrogen) atoms. The van der Waals surface area contributed by atoms with Gasteiger partial charge in [-0.15, -0.1) is 11.8 Å². The van der Waals surface area contributed by atoms with Crippen molar-refractivity contribution in [1.82, 2.24) is 0 Å². The molecule has 0 saturated heterocycles. The fourth-order valence-electron chi connectivity index (χ4n) is 1.35. The first-order valence-electron chi connectivity index (χ1n) is 4.05. The second kappa shape index (κ2) is 3.62. The first kappa shape index (κ1) is 8.32. The molecular formula is C9H11NS2. The van der Waals surface area contributed by atoms with Crippen molar-refractivity contribution in [3.63, 3.8) is 0 Å². The van der Waals surface area contributed by atoms with E-state index in [1.165, 1.54) is 22.8 Å². The molecule has 1 nitrogen and oxygen atoms in total. The van der Waals surface area contributed by atoms with Gasteiger partial charge in [-0.25, -0.2) is 0 Å². The van der Waals surface area contributed by atoms with Gasteiger partial charge in [-0.05, 0) is 35.7 Å². The Kier molecular flexibility index (Phi) is 2.51. The molecule has 1 aromatic rings. The van der Waals surface area contributed by atoms with Crippen LogP contribution in [0.2, 0.25) is 0 Å². The van der Waals surface area contributed by atoms with Crippen LogP contribution < -0.4 is 0 Å². The maximum absolute atomic E-state index is 4.61. The van der Waals surface area contributed by atoms with Crippen LogP contribution in [0, 0.1) is 0 Å². The van der Waals surface area contributed by atoms with Crippen LogP contribution in [0.5, 0.6) is 0 Å². The predicted octanol–water partition coefficient (Wildman–Crippen LogP) is 3.34. The fourth-order valence-corrected chi connectivity index (χ4v) is 2.89. The summed E-state index contributed by atoms with van der Waals surface area (Å²) in [6.45, 7) is 2.10. The maximum atomic E-state index is 4.61. The molecule has 0 aromatic carbocycles. The molecule has 64 valence electrons. The summed E-state index contributed by atoms with van der Waals surface area (Å²) in [6.07, 6.45) is 1.19. The molecule has 1 aliphatic heterocycles. The van der Waals surface area contributed by atoms with E-state index >= 15 is 0 Å². The summed E-state index contributed by atoms with van der Waals surface area (Å²) in [5.74, 6) is 1.22. The Hall–Kier alpha value is -0.280. The summed E-state index contributed by atoms with van der Waals surface area (Å²) in [6, 6.07) is 2.62. The Bertz CT molecular complexity index is 277. The van der Waals surface area contributed by atoms with Crippen molar-refractivity contribution in [2.24, 2.45) is 4.99 Å². The number of thioether (sulfide) groups is 1. The van der Waals surface area contributed by atoms with Crippen molar-refractivity contribution < 1.29 is 0 Å². The lowest BCUT2D eigenvalue weighted by Crippen LogP contribution is -2.05. The lowest BCUT2D eigenvalue weighted by molar-refractivity contribution is 0.707. The zero-order chi connectivity index (χ0) is 8.39. The summed E-state index contributed by atoms with van der Waals surface area (Å²) in [5.41, 5.74) is 1.39. The van der Waals surface area contributed by atoms with E-state index in [9.17, 15) is 0 Å². The van der Waals surface area contributed by atoms with E-state index < -0.39 is 0 Å². The average Bonchev–Trinajstić information content (AvgIpc) is 2.56. The molecule has 0 radical (unpaired) electrons. The van der Waals surface area contributed by atoms with Gasteiger partial charge in [0.05, 0.1) is 11.1 Å². The van der Waals surface area contributed by atoms with E-state index in [-0.39, 0.29) is 0 Å². The van der Waals surface area contributed by atoms with Gasteiger partial charge >= 0.3 is 0 Å². The van der Waals surface area contributed by atoms with Crippen LogP contribution in [0.1, 0.15) is 24.9 Å². The van der Waals surface area contributed by atoms with Gasteiger partial charge in [-0.1, -0.05) is 0 Å². The molecule has 3 heteroatoms. The number of aliphatic imine (C=N–C) groups is 1. The third-order valence-electron chi connectivity index (χ3n) is 1.97. The Morgan fingerprint density at radius 1 is 1.58 bits per heavy atom. The first-order chi connectivity index (χ1) is 5.86. The van der Waals surface area contributed by atoms with Gasteiger partial charge in [-0.3, -0.25) is 4.99 Å². The van der Waals surface area contributed by atoms with Gasteiger partial charge in [-0.2, -0.15) is 11.3 Å². The first-order valence-corrected chi connectivity index (χ1v) is 5.98. The zero-order valence-electron chi connectivity index (χ0n) is 6.99. The molecule has 0 fully saturated rings. The van der Waals surface area contributed by atoms with Crippen LogP contribution in [0.4, 0.5) is 0 Å². The highest BCUT2D eigenvalue weighted by Gasteiger charge is 2.14. The minimum absolute atomic E-state index is 0.442. The monoisotopic (exact) mass is 197 g/mol. The van der Waals surface area contributed by atoms with Gasteiger partial charge in [0.2, 0.25) is 0 Å². The van der Waals surface area contributed by atoms with Crippen molar-refractivity contribution in [1.29, 1.82) is 0 Å². The average molecular weight is 197 g/mol. The van der Waals surface area contributed by atoms with Gasteiger partial charge in [0.1, 0.15) is 0 Å². The lowest BCUT2D eigenvalue weighted by Gasteiger charge is -2.16. The normalized spacial score (nSPS) is 23.8. The summed E-state index contributed by atoms with van der Waals surface area (Å²) < 4.78 is 0. The van der Waals surface area contributed by atoms with Gasteiger partial charge in [0, 0.05) is 5.75 Å². The third-order valence-corrected chi connectivity index (χ3v) is 3.63. The number of rotatable bonds is 1. The Morgan fingerprint density at radius 3 is 3.17 bits per heavy atom. The maximum Gasteiger partial charge on any atom is 0.0774 e. The zero-order valence-corrected chi connectivity index (χ0v) is 8.62. The smallest absolute Gasteiger partial charge is 0.0774 e. The fraction of sp³-hybridized carbons (Fsp3) is 0.444. The van der Waals surface area contributed by atoms with Crippen LogP contribution in [-0.4, -0.2) is 10.8 Å². The highest BCUT2D eigenvalue weighted by Crippen LogP contribution is 2.30. The molecule has 0 N–H and O–H groups in total. The van der Waals surface area contributed by atoms with Crippen LogP contribution in [0.25, 0.3) is 0 Å². The summed E-state index contributed by atoms with van der Waals surface area (Å²) in [5, 5.41) is 5.57. The van der Waals surface area contributed by atoms with Crippen molar-refractivity contribution >= 4 is 28.1 Å². The van der Waals surface area contributed by atoms with E-state index in [1.54, 1.807) is 11.3 Å². The molecule has 0 spiro atoms. The Balaban J connectivity index is 2.20. The van der Waals surface area contributed by atoms with Crippen molar-refractivity contribution in [2.45, 2.75) is 19.4 Å². The second-order valence-corrected chi connectivity index (χ2v) is 4.93. The highest BCUT2D eigenvalue weighted by molar-refractivity contribution is 8.13. The van der Waals surface area contributed by atoms with E-state index in [1.807, 2.05) is 11.8 Å². The molecule has 1 aliphatic rings. The van der Waals surface area contributed by atoms with Crippen LogP contribution in [-0.2, 0) is 0 Å². The molecule has 0 aliphatic carbocycles. The molecular weight excluding hydrogens is 186 g/mol. The van der Waals surface area contributed by atoms with Gasteiger partial charge < -0.3 is 0 Å². The predicted molar refractivity (Wildman–Crippen MR) is 57.2 cm³/mol. The number of hydrogen-bond acceptors (Lipinski definition) is 3. The van der Waals surface area contributed by atoms with Gasteiger partial charge in [0.25, 0.3) is 0 Å². The summed E-state index contributed by atoms with van der Waals surface area (Å²) in [4.78, 5) is 4.61. The minimum Gasteiger partial charge on any atom is -0.275 e. The summed E-state index contributed by atoms with van der Waals surface area (Å²) >= 11 is 3.63. The Labute approximate surface area is 80.9 Å². The van der Waals surface area contributed by atoms with Crippen LogP contribution in [0.15, 0.2) is 21.8 Å². The van der Waals surface area contributed by atoms with Crippen LogP contribution >= 0.6 is 23.1 Å². The highest BCUT2D eigenvalue weighted by atomic mass is 32.2. The molecule has 2 rings (SSSR count). The van der Waals surface area contributed by atoms with Crippen molar-refractivity contribution in [3.8, 4) is 0 Å². The molecule has 1 atom stereocenters. The van der Waals surface area contributed by atoms with E-state index in [0.29, 0.717) is 6.04 Å². The number of thiophene rings is 1. The van der Waals surface area contributed by atoms with Gasteiger partial charge in [0.15, 0.2) is 0 Å². The van der Waals surface area contributed by atoms with E-state index in [2.05, 4.69) is 28.7 Å².